The third-order valence-electron chi connectivity index (χ3n) is 3.50. The SMILES string of the molecule is CC.O=C1Nc2ccccc2C12CC(NO)C2. The molecule has 0 unspecified atom stereocenters. The van der Waals surface area contributed by atoms with Gasteiger partial charge in [0.15, 0.2) is 0 Å². The summed E-state index contributed by atoms with van der Waals surface area (Å²) in [6.45, 7) is 4.00. The molecule has 0 bridgehead atoms. The van der Waals surface area contributed by atoms with Crippen LogP contribution in [-0.2, 0) is 10.2 Å². The van der Waals surface area contributed by atoms with Crippen molar-refractivity contribution in [1.29, 1.82) is 0 Å². The summed E-state index contributed by atoms with van der Waals surface area (Å²) >= 11 is 0. The number of carbonyl (C=O) groups is 1. The molecule has 1 spiro atoms. The first-order valence-corrected chi connectivity index (χ1v) is 6.07. The van der Waals surface area contributed by atoms with Gasteiger partial charge in [-0.1, -0.05) is 32.0 Å². The molecule has 0 aromatic heterocycles. The van der Waals surface area contributed by atoms with E-state index in [1.54, 1.807) is 0 Å². The van der Waals surface area contributed by atoms with Gasteiger partial charge in [-0.2, -0.15) is 0 Å². The van der Waals surface area contributed by atoms with Gasteiger partial charge >= 0.3 is 0 Å². The smallest absolute Gasteiger partial charge is 0.235 e. The second-order valence-corrected chi connectivity index (χ2v) is 4.32. The van der Waals surface area contributed by atoms with Crippen molar-refractivity contribution in [2.24, 2.45) is 0 Å². The molecule has 0 saturated heterocycles. The van der Waals surface area contributed by atoms with Crippen LogP contribution in [-0.4, -0.2) is 17.2 Å². The highest BCUT2D eigenvalue weighted by molar-refractivity contribution is 6.07. The molecule has 0 radical (unpaired) electrons. The Kier molecular flexibility index (Phi) is 3.17. The fourth-order valence-electron chi connectivity index (χ4n) is 2.65. The second-order valence-electron chi connectivity index (χ2n) is 4.32. The molecule has 1 heterocycles. The maximum absolute atomic E-state index is 11.9. The highest BCUT2D eigenvalue weighted by Gasteiger charge is 2.55. The molecule has 3 rings (SSSR count). The lowest BCUT2D eigenvalue weighted by Gasteiger charge is -2.42. The largest absolute Gasteiger partial charge is 0.325 e. The Morgan fingerprint density at radius 1 is 1.35 bits per heavy atom. The van der Waals surface area contributed by atoms with Crippen LogP contribution in [0.3, 0.4) is 0 Å². The molecule has 1 aromatic carbocycles. The first kappa shape index (κ1) is 12.1. The van der Waals surface area contributed by atoms with E-state index in [4.69, 9.17) is 5.21 Å². The van der Waals surface area contributed by atoms with Crippen molar-refractivity contribution in [2.45, 2.75) is 38.1 Å². The number of hydrogen-bond donors (Lipinski definition) is 3. The van der Waals surface area contributed by atoms with Gasteiger partial charge in [-0.05, 0) is 24.5 Å². The number of hydrogen-bond acceptors (Lipinski definition) is 3. The van der Waals surface area contributed by atoms with Gasteiger partial charge < -0.3 is 10.5 Å². The van der Waals surface area contributed by atoms with Gasteiger partial charge in [0, 0.05) is 11.7 Å². The Bertz CT molecular complexity index is 425. The predicted molar refractivity (Wildman–Crippen MR) is 66.0 cm³/mol. The van der Waals surface area contributed by atoms with Gasteiger partial charge in [-0.25, -0.2) is 5.48 Å². The van der Waals surface area contributed by atoms with Crippen LogP contribution in [0.4, 0.5) is 5.69 Å². The van der Waals surface area contributed by atoms with Crippen molar-refractivity contribution in [2.75, 3.05) is 5.32 Å². The molecule has 1 aliphatic carbocycles. The zero-order valence-corrected chi connectivity index (χ0v) is 10.2. The minimum absolute atomic E-state index is 0.0434. The minimum Gasteiger partial charge on any atom is -0.325 e. The van der Waals surface area contributed by atoms with Gasteiger partial charge in [-0.3, -0.25) is 4.79 Å². The van der Waals surface area contributed by atoms with Crippen LogP contribution in [0.25, 0.3) is 0 Å². The van der Waals surface area contributed by atoms with Crippen LogP contribution < -0.4 is 10.8 Å². The summed E-state index contributed by atoms with van der Waals surface area (Å²) < 4.78 is 0. The third kappa shape index (κ3) is 1.64. The summed E-state index contributed by atoms with van der Waals surface area (Å²) in [6.07, 6.45) is 1.35. The highest BCUT2D eigenvalue weighted by Crippen LogP contribution is 2.50. The minimum atomic E-state index is -0.392. The standard InChI is InChI=1S/C11H12N2O2.C2H6/c14-10-11(5-7(6-11)13-15)8-3-1-2-4-9(8)12-10;1-2/h1-4,7,13,15H,5-6H2,(H,12,14);1-2H3. The zero-order valence-electron chi connectivity index (χ0n) is 10.2. The molecule has 3 N–H and O–H groups in total. The molecule has 1 aromatic rings. The van der Waals surface area contributed by atoms with E-state index in [-0.39, 0.29) is 11.9 Å². The number of benzene rings is 1. The molecule has 92 valence electrons. The lowest BCUT2D eigenvalue weighted by atomic mass is 9.62. The highest BCUT2D eigenvalue weighted by atomic mass is 16.5. The summed E-state index contributed by atoms with van der Waals surface area (Å²) in [5.74, 6) is 0.0650. The summed E-state index contributed by atoms with van der Waals surface area (Å²) in [5, 5.41) is 11.7. The Labute approximate surface area is 101 Å². The maximum atomic E-state index is 11.9. The summed E-state index contributed by atoms with van der Waals surface area (Å²) in [4.78, 5) is 11.9. The Balaban J connectivity index is 0.000000514. The van der Waals surface area contributed by atoms with Gasteiger partial charge in [-0.15, -0.1) is 0 Å². The van der Waals surface area contributed by atoms with E-state index in [0.717, 1.165) is 11.3 Å². The summed E-state index contributed by atoms with van der Waals surface area (Å²) in [6, 6.07) is 7.81. The van der Waals surface area contributed by atoms with E-state index in [2.05, 4.69) is 10.8 Å². The lowest BCUT2D eigenvalue weighted by molar-refractivity contribution is -0.125. The first-order chi connectivity index (χ1) is 8.26. The van der Waals surface area contributed by atoms with Crippen LogP contribution in [0.15, 0.2) is 24.3 Å². The van der Waals surface area contributed by atoms with Gasteiger partial charge in [0.1, 0.15) is 0 Å². The van der Waals surface area contributed by atoms with E-state index >= 15 is 0 Å². The number of nitrogens with one attached hydrogen (secondary N) is 2. The monoisotopic (exact) mass is 234 g/mol. The van der Waals surface area contributed by atoms with Crippen molar-refractivity contribution in [3.05, 3.63) is 29.8 Å². The molecule has 1 fully saturated rings. The van der Waals surface area contributed by atoms with Crippen LogP contribution >= 0.6 is 0 Å². The van der Waals surface area contributed by atoms with Crippen LogP contribution in [0.2, 0.25) is 0 Å². The molecule has 0 atom stereocenters. The molecule has 2 aliphatic rings. The normalized spacial score (nSPS) is 28.9. The molecular formula is C13H18N2O2. The van der Waals surface area contributed by atoms with Crippen LogP contribution in [0.1, 0.15) is 32.3 Å². The lowest BCUT2D eigenvalue weighted by Crippen LogP contribution is -2.54. The van der Waals surface area contributed by atoms with Crippen LogP contribution in [0.5, 0.6) is 0 Å². The molecule has 1 amide bonds. The van der Waals surface area contributed by atoms with E-state index in [9.17, 15) is 4.79 Å². The zero-order chi connectivity index (χ0) is 12.5. The van der Waals surface area contributed by atoms with E-state index in [1.165, 1.54) is 0 Å². The summed E-state index contributed by atoms with van der Waals surface area (Å²) in [5.41, 5.74) is 3.82. The fraction of sp³-hybridized carbons (Fsp3) is 0.462. The van der Waals surface area contributed by atoms with Crippen molar-refractivity contribution in [3.8, 4) is 0 Å². The first-order valence-electron chi connectivity index (χ1n) is 6.07. The quantitative estimate of drug-likeness (QED) is 0.652. The predicted octanol–water partition coefficient (Wildman–Crippen LogP) is 2.04. The average molecular weight is 234 g/mol. The maximum Gasteiger partial charge on any atom is 0.235 e. The molecule has 1 saturated carbocycles. The molecule has 1 aliphatic heterocycles. The van der Waals surface area contributed by atoms with Crippen molar-refractivity contribution >= 4 is 11.6 Å². The number of hydroxylamine groups is 1. The Morgan fingerprint density at radius 3 is 2.65 bits per heavy atom. The molecular weight excluding hydrogens is 216 g/mol. The fourth-order valence-corrected chi connectivity index (χ4v) is 2.65. The van der Waals surface area contributed by atoms with E-state index < -0.39 is 5.41 Å². The number of carbonyl (C=O) groups excluding carboxylic acids is 1. The molecule has 17 heavy (non-hydrogen) atoms. The third-order valence-corrected chi connectivity index (χ3v) is 3.50. The Hall–Kier alpha value is -1.39. The topological polar surface area (TPSA) is 61.4 Å². The molecule has 4 nitrogen and oxygen atoms in total. The number of fused-ring (bicyclic) bond motifs is 2. The van der Waals surface area contributed by atoms with Crippen LogP contribution in [0, 0.1) is 0 Å². The van der Waals surface area contributed by atoms with Gasteiger partial charge in [0.25, 0.3) is 0 Å². The number of rotatable bonds is 1. The van der Waals surface area contributed by atoms with Crippen molar-refractivity contribution < 1.29 is 10.0 Å². The van der Waals surface area contributed by atoms with Crippen molar-refractivity contribution in [1.82, 2.24) is 5.48 Å². The van der Waals surface area contributed by atoms with E-state index in [0.29, 0.717) is 12.8 Å². The van der Waals surface area contributed by atoms with Gasteiger partial charge in [0.2, 0.25) is 5.91 Å². The number of amides is 1. The van der Waals surface area contributed by atoms with Crippen molar-refractivity contribution in [3.63, 3.8) is 0 Å². The number of para-hydroxylation sites is 1. The average Bonchev–Trinajstić information content (AvgIpc) is 2.62. The molecule has 4 heteroatoms. The number of anilines is 1. The second kappa shape index (κ2) is 4.47. The Morgan fingerprint density at radius 2 is 2.00 bits per heavy atom. The summed E-state index contributed by atoms with van der Waals surface area (Å²) in [7, 11) is 0. The van der Waals surface area contributed by atoms with E-state index in [1.807, 2.05) is 38.1 Å². The van der Waals surface area contributed by atoms with Gasteiger partial charge in [0.05, 0.1) is 5.41 Å².